The number of rotatable bonds is 8. The quantitative estimate of drug-likeness (QED) is 0.207. The first kappa shape index (κ1) is 22.6. The zero-order chi connectivity index (χ0) is 22.3. The first-order valence-corrected chi connectivity index (χ1v) is 11.6. The summed E-state index contributed by atoms with van der Waals surface area (Å²) in [6.45, 7) is 0.167. The largest absolute Gasteiger partial charge is 0.461 e. The van der Waals surface area contributed by atoms with E-state index in [4.69, 9.17) is 25.8 Å². The van der Waals surface area contributed by atoms with Crippen molar-refractivity contribution in [2.75, 3.05) is 5.75 Å². The molecular formula is C25H22ClFO4S. The molecule has 3 aromatic carbocycles. The average Bonchev–Trinajstić information content (AvgIpc) is 2.81. The van der Waals surface area contributed by atoms with Gasteiger partial charge in [-0.15, -0.1) is 11.8 Å². The molecule has 0 amide bonds. The molecule has 0 aliphatic carbocycles. The number of ether oxygens (including phenoxy) is 3. The predicted molar refractivity (Wildman–Crippen MR) is 122 cm³/mol. The molecule has 4 rings (SSSR count). The highest BCUT2D eigenvalue weighted by atomic mass is 35.5. The lowest BCUT2D eigenvalue weighted by atomic mass is 10.1. The number of thioether (sulfide) groups is 1. The van der Waals surface area contributed by atoms with Gasteiger partial charge in [-0.25, -0.2) is 4.39 Å². The van der Waals surface area contributed by atoms with Gasteiger partial charge < -0.3 is 14.2 Å². The third-order valence-electron chi connectivity index (χ3n) is 4.89. The van der Waals surface area contributed by atoms with Crippen molar-refractivity contribution in [3.63, 3.8) is 0 Å². The smallest absolute Gasteiger partial charge is 0.306 e. The monoisotopic (exact) mass is 472 g/mol. The molecule has 1 aliphatic rings. The third kappa shape index (κ3) is 6.03. The summed E-state index contributed by atoms with van der Waals surface area (Å²) < 4.78 is 31.2. The van der Waals surface area contributed by atoms with Crippen LogP contribution in [-0.4, -0.2) is 11.7 Å². The van der Waals surface area contributed by atoms with E-state index < -0.39 is 12.1 Å². The van der Waals surface area contributed by atoms with Gasteiger partial charge in [0, 0.05) is 33.0 Å². The molecule has 7 heteroatoms. The Kier molecular flexibility index (Phi) is 7.68. The fourth-order valence-corrected chi connectivity index (χ4v) is 4.31. The van der Waals surface area contributed by atoms with Crippen molar-refractivity contribution >= 4 is 29.3 Å². The number of carbonyl (C=O) groups is 1. The fraction of sp³-hybridized carbons (Fsp3) is 0.240. The van der Waals surface area contributed by atoms with Gasteiger partial charge in [-0.1, -0.05) is 41.9 Å². The fourth-order valence-electron chi connectivity index (χ4n) is 3.33. The summed E-state index contributed by atoms with van der Waals surface area (Å²) in [7, 11) is 0. The zero-order valence-corrected chi connectivity index (χ0v) is 18.8. The number of carbonyl (C=O) groups excluding carboxylic acids is 1. The summed E-state index contributed by atoms with van der Waals surface area (Å²) in [6.07, 6.45) is 0.371. The number of fused-ring (bicyclic) bond motifs is 1. The summed E-state index contributed by atoms with van der Waals surface area (Å²) in [4.78, 5) is 13.3. The Hall–Kier alpha value is -2.54. The molecule has 1 unspecified atom stereocenters. The van der Waals surface area contributed by atoms with Crippen LogP contribution in [-0.2, 0) is 27.5 Å². The van der Waals surface area contributed by atoms with Gasteiger partial charge in [0.05, 0.1) is 6.61 Å². The van der Waals surface area contributed by atoms with E-state index in [2.05, 4.69) is 0 Å². The molecule has 0 saturated heterocycles. The molecule has 1 heterocycles. The molecule has 1 aliphatic heterocycles. The summed E-state index contributed by atoms with van der Waals surface area (Å²) in [5.74, 6) is 0.550. The van der Waals surface area contributed by atoms with Crippen LogP contribution < -0.4 is 4.74 Å². The van der Waals surface area contributed by atoms with Gasteiger partial charge in [0.1, 0.15) is 18.2 Å². The number of esters is 1. The third-order valence-corrected chi connectivity index (χ3v) is 6.24. The van der Waals surface area contributed by atoms with E-state index in [-0.39, 0.29) is 25.6 Å². The van der Waals surface area contributed by atoms with Crippen LogP contribution in [0.15, 0.2) is 71.6 Å². The van der Waals surface area contributed by atoms with E-state index in [1.165, 1.54) is 12.1 Å². The maximum atomic E-state index is 14.1. The molecule has 0 N–H and O–H groups in total. The van der Waals surface area contributed by atoms with Crippen molar-refractivity contribution in [1.82, 2.24) is 0 Å². The molecule has 1 atom stereocenters. The Morgan fingerprint density at radius 2 is 1.91 bits per heavy atom. The van der Waals surface area contributed by atoms with Crippen molar-refractivity contribution in [2.24, 2.45) is 0 Å². The van der Waals surface area contributed by atoms with Crippen molar-refractivity contribution in [3.05, 3.63) is 94.3 Å². The summed E-state index contributed by atoms with van der Waals surface area (Å²) in [5, 5.41) is 0.697. The highest BCUT2D eigenvalue weighted by Gasteiger charge is 2.25. The molecule has 0 saturated carbocycles. The first-order valence-electron chi connectivity index (χ1n) is 10.3. The van der Waals surface area contributed by atoms with Crippen LogP contribution in [0.4, 0.5) is 4.39 Å². The zero-order valence-electron chi connectivity index (χ0n) is 17.3. The number of hydrogen-bond acceptors (Lipinski definition) is 5. The standard InChI is InChI=1S/C25H22ClFO4S/c26-20-8-10-22(11-9-20)32-12-4-7-23(28)29-15-18-13-21(27)14-19-16-30-25(31-24(18)19)17-5-2-1-3-6-17/h1-3,5-6,8-11,13-14,25H,4,7,12,15-16H2. The van der Waals surface area contributed by atoms with E-state index in [9.17, 15) is 9.18 Å². The van der Waals surface area contributed by atoms with Gasteiger partial charge >= 0.3 is 5.97 Å². The second-order valence-corrected chi connectivity index (χ2v) is 8.90. The maximum Gasteiger partial charge on any atom is 0.306 e. The lowest BCUT2D eigenvalue weighted by Gasteiger charge is -2.28. The summed E-state index contributed by atoms with van der Waals surface area (Å²) in [6, 6.07) is 19.8. The highest BCUT2D eigenvalue weighted by Crippen LogP contribution is 2.36. The molecule has 166 valence electrons. The number of hydrogen-bond donors (Lipinski definition) is 0. The summed E-state index contributed by atoms with van der Waals surface area (Å²) >= 11 is 7.54. The maximum absolute atomic E-state index is 14.1. The lowest BCUT2D eigenvalue weighted by Crippen LogP contribution is -2.20. The molecule has 0 radical (unpaired) electrons. The molecular weight excluding hydrogens is 451 g/mol. The number of halogens is 2. The second kappa shape index (κ2) is 10.9. The number of benzene rings is 3. The molecule has 0 aromatic heterocycles. The van der Waals surface area contributed by atoms with Crippen LogP contribution >= 0.6 is 23.4 Å². The molecule has 0 bridgehead atoms. The normalized spacial score (nSPS) is 15.0. The Morgan fingerprint density at radius 3 is 2.69 bits per heavy atom. The molecule has 0 spiro atoms. The van der Waals surface area contributed by atoms with Crippen molar-refractivity contribution in [1.29, 1.82) is 0 Å². The van der Waals surface area contributed by atoms with Crippen LogP contribution in [0.2, 0.25) is 5.02 Å². The van der Waals surface area contributed by atoms with E-state index in [1.54, 1.807) is 11.8 Å². The topological polar surface area (TPSA) is 44.8 Å². The van der Waals surface area contributed by atoms with Crippen LogP contribution in [0.5, 0.6) is 5.75 Å². The lowest BCUT2D eigenvalue weighted by molar-refractivity contribution is -0.145. The molecule has 4 nitrogen and oxygen atoms in total. The Labute approximate surface area is 195 Å². The minimum atomic E-state index is -0.589. The Bertz CT molecular complexity index is 1060. The van der Waals surface area contributed by atoms with Crippen molar-refractivity contribution in [2.45, 2.75) is 37.2 Å². The van der Waals surface area contributed by atoms with Gasteiger partial charge in [-0.05, 0) is 48.6 Å². The van der Waals surface area contributed by atoms with Crippen molar-refractivity contribution in [3.8, 4) is 5.75 Å². The van der Waals surface area contributed by atoms with Gasteiger partial charge in [0.2, 0.25) is 6.29 Å². The van der Waals surface area contributed by atoms with Crippen LogP contribution in [0.1, 0.15) is 35.8 Å². The Balaban J connectivity index is 1.31. The van der Waals surface area contributed by atoms with Gasteiger partial charge in [-0.2, -0.15) is 0 Å². The van der Waals surface area contributed by atoms with Gasteiger partial charge in [-0.3, -0.25) is 4.79 Å². The minimum absolute atomic E-state index is 0.0508. The molecule has 32 heavy (non-hydrogen) atoms. The summed E-state index contributed by atoms with van der Waals surface area (Å²) in [5.41, 5.74) is 1.96. The van der Waals surface area contributed by atoms with Crippen molar-refractivity contribution < 1.29 is 23.4 Å². The van der Waals surface area contributed by atoms with Crippen LogP contribution in [0.25, 0.3) is 0 Å². The van der Waals surface area contributed by atoms with E-state index >= 15 is 0 Å². The van der Waals surface area contributed by atoms with Crippen LogP contribution in [0.3, 0.4) is 0 Å². The SMILES string of the molecule is O=C(CCCSc1ccc(Cl)cc1)OCc1cc(F)cc2c1OC(c1ccccc1)OC2. The predicted octanol–water partition coefficient (Wildman–Crippen LogP) is 6.70. The van der Waals surface area contributed by atoms with E-state index in [0.29, 0.717) is 28.3 Å². The van der Waals surface area contributed by atoms with E-state index in [1.807, 2.05) is 54.6 Å². The second-order valence-electron chi connectivity index (χ2n) is 7.29. The van der Waals surface area contributed by atoms with Crippen LogP contribution in [0, 0.1) is 5.82 Å². The first-order chi connectivity index (χ1) is 15.6. The highest BCUT2D eigenvalue weighted by molar-refractivity contribution is 7.99. The molecule has 3 aromatic rings. The van der Waals surface area contributed by atoms with E-state index in [0.717, 1.165) is 16.2 Å². The average molecular weight is 473 g/mol. The molecule has 0 fully saturated rings. The minimum Gasteiger partial charge on any atom is -0.461 e. The Morgan fingerprint density at radius 1 is 1.12 bits per heavy atom. The van der Waals surface area contributed by atoms with Gasteiger partial charge in [0.25, 0.3) is 0 Å². The van der Waals surface area contributed by atoms with Gasteiger partial charge in [0.15, 0.2) is 0 Å².